The second-order valence-corrected chi connectivity index (χ2v) is 3.70. The normalized spacial score (nSPS) is 21.1. The maximum absolute atomic E-state index is 5.45. The van der Waals surface area contributed by atoms with Crippen LogP contribution in [0.4, 0.5) is 0 Å². The van der Waals surface area contributed by atoms with E-state index in [1.165, 1.54) is 0 Å². The third-order valence-electron chi connectivity index (χ3n) is 2.25. The van der Waals surface area contributed by atoms with Crippen molar-refractivity contribution in [1.29, 1.82) is 0 Å². The van der Waals surface area contributed by atoms with Gasteiger partial charge in [0.05, 0.1) is 11.1 Å². The number of piperidine rings is 1. The predicted molar refractivity (Wildman–Crippen MR) is 53.3 cm³/mol. The minimum Gasteiger partial charge on any atom is -0.392 e. The van der Waals surface area contributed by atoms with Crippen LogP contribution in [-0.2, 0) is 4.74 Å². The van der Waals surface area contributed by atoms with Gasteiger partial charge in [0.25, 0.3) is 0 Å². The highest BCUT2D eigenvalue weighted by Gasteiger charge is 2.18. The van der Waals surface area contributed by atoms with Gasteiger partial charge in [0.2, 0.25) is 0 Å². The van der Waals surface area contributed by atoms with E-state index in [0.717, 1.165) is 32.5 Å². The molecule has 12 heavy (non-hydrogen) atoms. The van der Waals surface area contributed by atoms with E-state index >= 15 is 0 Å². The molecule has 1 heterocycles. The molecule has 0 unspecified atom stereocenters. The van der Waals surface area contributed by atoms with E-state index < -0.39 is 0 Å². The van der Waals surface area contributed by atoms with Gasteiger partial charge in [-0.05, 0) is 12.8 Å². The SMILES string of the molecule is COC1CCN(CC(N)=S)CC1. The summed E-state index contributed by atoms with van der Waals surface area (Å²) in [7, 11) is 1.77. The highest BCUT2D eigenvalue weighted by Crippen LogP contribution is 2.11. The van der Waals surface area contributed by atoms with Crippen LogP contribution in [0.5, 0.6) is 0 Å². The molecule has 0 aromatic heterocycles. The molecular formula is C8H16N2OS. The first-order valence-electron chi connectivity index (χ1n) is 4.26. The van der Waals surface area contributed by atoms with Crippen molar-refractivity contribution in [2.45, 2.75) is 18.9 Å². The van der Waals surface area contributed by atoms with Crippen molar-refractivity contribution in [2.24, 2.45) is 5.73 Å². The molecule has 0 saturated carbocycles. The van der Waals surface area contributed by atoms with Gasteiger partial charge in [-0.2, -0.15) is 0 Å². The largest absolute Gasteiger partial charge is 0.392 e. The molecule has 0 spiro atoms. The number of nitrogens with two attached hydrogens (primary N) is 1. The Kier molecular flexibility index (Phi) is 3.91. The third kappa shape index (κ3) is 3.05. The minimum absolute atomic E-state index is 0.438. The zero-order chi connectivity index (χ0) is 8.97. The van der Waals surface area contributed by atoms with E-state index in [1.54, 1.807) is 7.11 Å². The number of thiocarbonyl (C=S) groups is 1. The van der Waals surface area contributed by atoms with E-state index in [0.29, 0.717) is 11.1 Å². The average molecular weight is 188 g/mol. The number of rotatable bonds is 3. The van der Waals surface area contributed by atoms with Crippen molar-refractivity contribution >= 4 is 17.2 Å². The van der Waals surface area contributed by atoms with Crippen LogP contribution in [0.1, 0.15) is 12.8 Å². The molecule has 1 rings (SSSR count). The van der Waals surface area contributed by atoms with E-state index in [4.69, 9.17) is 22.7 Å². The molecule has 1 fully saturated rings. The standard InChI is InChI=1S/C8H16N2OS/c1-11-7-2-4-10(5-3-7)6-8(9)12/h7H,2-6H2,1H3,(H2,9,12). The van der Waals surface area contributed by atoms with Gasteiger partial charge < -0.3 is 10.5 Å². The van der Waals surface area contributed by atoms with Gasteiger partial charge in [-0.1, -0.05) is 12.2 Å². The molecule has 0 aromatic rings. The summed E-state index contributed by atoms with van der Waals surface area (Å²) in [5.41, 5.74) is 5.45. The van der Waals surface area contributed by atoms with Crippen molar-refractivity contribution in [3.8, 4) is 0 Å². The fourth-order valence-corrected chi connectivity index (χ4v) is 1.71. The maximum atomic E-state index is 5.45. The van der Waals surface area contributed by atoms with E-state index in [2.05, 4.69) is 4.90 Å². The van der Waals surface area contributed by atoms with E-state index in [1.807, 2.05) is 0 Å². The summed E-state index contributed by atoms with van der Waals surface area (Å²) in [5, 5.41) is 0. The van der Waals surface area contributed by atoms with Crippen LogP contribution in [0.25, 0.3) is 0 Å². The molecule has 0 aliphatic carbocycles. The summed E-state index contributed by atoms with van der Waals surface area (Å²) in [6.07, 6.45) is 2.63. The Balaban J connectivity index is 2.21. The molecule has 0 aromatic carbocycles. The molecule has 1 aliphatic rings. The molecule has 0 amide bonds. The summed E-state index contributed by atoms with van der Waals surface area (Å²) < 4.78 is 5.25. The molecule has 1 aliphatic heterocycles. The van der Waals surface area contributed by atoms with Crippen LogP contribution >= 0.6 is 12.2 Å². The zero-order valence-electron chi connectivity index (χ0n) is 7.45. The third-order valence-corrected chi connectivity index (χ3v) is 2.38. The van der Waals surface area contributed by atoms with Gasteiger partial charge in [-0.3, -0.25) is 4.90 Å². The first-order chi connectivity index (χ1) is 5.72. The van der Waals surface area contributed by atoms with Gasteiger partial charge in [-0.15, -0.1) is 0 Å². The maximum Gasteiger partial charge on any atom is 0.0870 e. The molecular weight excluding hydrogens is 172 g/mol. The van der Waals surface area contributed by atoms with E-state index in [9.17, 15) is 0 Å². The molecule has 4 heteroatoms. The second-order valence-electron chi connectivity index (χ2n) is 3.18. The lowest BCUT2D eigenvalue weighted by Gasteiger charge is -2.30. The Hall–Kier alpha value is -0.190. The fourth-order valence-electron chi connectivity index (χ4n) is 1.52. The summed E-state index contributed by atoms with van der Waals surface area (Å²) in [6, 6.07) is 0. The molecule has 70 valence electrons. The predicted octanol–water partition coefficient (Wildman–Crippen LogP) is 0.383. The van der Waals surface area contributed by atoms with E-state index in [-0.39, 0.29) is 0 Å². The lowest BCUT2D eigenvalue weighted by Crippen LogP contribution is -2.40. The number of hydrogen-bond acceptors (Lipinski definition) is 3. The lowest BCUT2D eigenvalue weighted by atomic mass is 10.1. The van der Waals surface area contributed by atoms with Crippen LogP contribution in [0.3, 0.4) is 0 Å². The zero-order valence-corrected chi connectivity index (χ0v) is 8.27. The Morgan fingerprint density at radius 3 is 2.58 bits per heavy atom. The Morgan fingerprint density at radius 1 is 1.58 bits per heavy atom. The van der Waals surface area contributed by atoms with Crippen LogP contribution < -0.4 is 5.73 Å². The molecule has 3 nitrogen and oxygen atoms in total. The lowest BCUT2D eigenvalue weighted by molar-refractivity contribution is 0.0456. The summed E-state index contributed by atoms with van der Waals surface area (Å²) in [5.74, 6) is 0. The highest BCUT2D eigenvalue weighted by molar-refractivity contribution is 7.80. The van der Waals surface area contributed by atoms with Crippen molar-refractivity contribution in [3.63, 3.8) is 0 Å². The summed E-state index contributed by atoms with van der Waals surface area (Å²) >= 11 is 4.84. The van der Waals surface area contributed by atoms with Crippen molar-refractivity contribution in [2.75, 3.05) is 26.7 Å². The number of methoxy groups -OCH3 is 1. The number of ether oxygens (including phenoxy) is 1. The smallest absolute Gasteiger partial charge is 0.0870 e. The number of nitrogens with zero attached hydrogens (tertiary/aromatic N) is 1. The first-order valence-corrected chi connectivity index (χ1v) is 4.66. The van der Waals surface area contributed by atoms with Crippen LogP contribution in [0.15, 0.2) is 0 Å². The Morgan fingerprint density at radius 2 is 2.17 bits per heavy atom. The van der Waals surface area contributed by atoms with Crippen molar-refractivity contribution in [1.82, 2.24) is 4.90 Å². The van der Waals surface area contributed by atoms with Gasteiger partial charge in [0, 0.05) is 26.7 Å². The minimum atomic E-state index is 0.438. The number of hydrogen-bond donors (Lipinski definition) is 1. The van der Waals surface area contributed by atoms with Gasteiger partial charge in [0.15, 0.2) is 0 Å². The van der Waals surface area contributed by atoms with Crippen molar-refractivity contribution in [3.05, 3.63) is 0 Å². The molecule has 0 radical (unpaired) electrons. The molecule has 0 bridgehead atoms. The Labute approximate surface area is 78.9 Å². The van der Waals surface area contributed by atoms with Gasteiger partial charge >= 0.3 is 0 Å². The fraction of sp³-hybridized carbons (Fsp3) is 0.875. The molecule has 0 atom stereocenters. The quantitative estimate of drug-likeness (QED) is 0.650. The first kappa shape index (κ1) is 9.89. The van der Waals surface area contributed by atoms with Gasteiger partial charge in [0.1, 0.15) is 0 Å². The second kappa shape index (κ2) is 4.74. The monoisotopic (exact) mass is 188 g/mol. The summed E-state index contributed by atoms with van der Waals surface area (Å²) in [6.45, 7) is 2.86. The van der Waals surface area contributed by atoms with Gasteiger partial charge in [-0.25, -0.2) is 0 Å². The van der Waals surface area contributed by atoms with Crippen LogP contribution in [0.2, 0.25) is 0 Å². The molecule has 2 N–H and O–H groups in total. The van der Waals surface area contributed by atoms with Crippen LogP contribution in [0, 0.1) is 0 Å². The van der Waals surface area contributed by atoms with Crippen LogP contribution in [-0.4, -0.2) is 42.7 Å². The van der Waals surface area contributed by atoms with Crippen molar-refractivity contribution < 1.29 is 4.74 Å². The topological polar surface area (TPSA) is 38.5 Å². The number of likely N-dealkylation sites (tertiary alicyclic amines) is 1. The highest BCUT2D eigenvalue weighted by atomic mass is 32.1. The summed E-state index contributed by atoms with van der Waals surface area (Å²) in [4.78, 5) is 2.86. The Bertz CT molecular complexity index is 155. The average Bonchev–Trinajstić information content (AvgIpc) is 2.05. The molecule has 1 saturated heterocycles.